The average Bonchev–Trinajstić information content (AvgIpc) is 2.81. The molecule has 10 heteroatoms. The Kier molecular flexibility index (Phi) is 8.26. The number of aliphatic hydroxyl groups excluding tert-OH is 1. The van der Waals surface area contributed by atoms with Crippen LogP contribution in [0.5, 0.6) is 5.75 Å². The van der Waals surface area contributed by atoms with Gasteiger partial charge >= 0.3 is 11.9 Å². The standard InChI is InChI=1S/C25H29F2NO7/c1-13(2)35-25(32)21-23(33-4)22(30)16(11-28(21)18-7-5-6-8-19(18)29)24(31)34-12-15-9-10-17(26)14(3)20(15)27/h9-11,13,18-19,29H,5-8,12H2,1-4H3/t18-,19-/m0/s1. The molecule has 1 N–H and O–H groups in total. The summed E-state index contributed by atoms with van der Waals surface area (Å²) in [7, 11) is 1.18. The van der Waals surface area contributed by atoms with E-state index in [0.717, 1.165) is 31.2 Å². The molecule has 1 fully saturated rings. The van der Waals surface area contributed by atoms with Gasteiger partial charge in [0.25, 0.3) is 0 Å². The molecule has 2 aromatic rings. The lowest BCUT2D eigenvalue weighted by Crippen LogP contribution is -2.34. The Hall–Kier alpha value is -3.27. The zero-order chi connectivity index (χ0) is 25.9. The summed E-state index contributed by atoms with van der Waals surface area (Å²) < 4.78 is 44.9. The molecule has 1 aromatic carbocycles. The van der Waals surface area contributed by atoms with E-state index in [1.165, 1.54) is 18.6 Å². The highest BCUT2D eigenvalue weighted by Crippen LogP contribution is 2.32. The Morgan fingerprint density at radius 2 is 1.86 bits per heavy atom. The molecule has 2 atom stereocenters. The monoisotopic (exact) mass is 493 g/mol. The van der Waals surface area contributed by atoms with Gasteiger partial charge in [-0.15, -0.1) is 0 Å². The molecule has 0 saturated heterocycles. The van der Waals surface area contributed by atoms with Crippen molar-refractivity contribution in [3.63, 3.8) is 0 Å². The van der Waals surface area contributed by atoms with Crippen LogP contribution in [-0.2, 0) is 16.1 Å². The Morgan fingerprint density at radius 1 is 1.17 bits per heavy atom. The van der Waals surface area contributed by atoms with Crippen molar-refractivity contribution in [2.24, 2.45) is 0 Å². The maximum Gasteiger partial charge on any atom is 0.359 e. The number of halogens is 2. The summed E-state index contributed by atoms with van der Waals surface area (Å²) in [6, 6.07) is 1.58. The van der Waals surface area contributed by atoms with E-state index >= 15 is 0 Å². The van der Waals surface area contributed by atoms with Crippen LogP contribution in [-0.4, -0.2) is 40.9 Å². The lowest BCUT2D eigenvalue weighted by molar-refractivity contribution is 0.0325. The molecule has 190 valence electrons. The molecule has 35 heavy (non-hydrogen) atoms. The van der Waals surface area contributed by atoms with Crippen LogP contribution in [0.1, 0.15) is 77.5 Å². The number of aliphatic hydroxyl groups is 1. The summed E-state index contributed by atoms with van der Waals surface area (Å²) >= 11 is 0. The number of pyridine rings is 1. The minimum atomic E-state index is -1.09. The summed E-state index contributed by atoms with van der Waals surface area (Å²) in [4.78, 5) is 38.9. The lowest BCUT2D eigenvalue weighted by atomic mass is 9.91. The normalized spacial score (nSPS) is 17.8. The fourth-order valence-electron chi connectivity index (χ4n) is 4.14. The van der Waals surface area contributed by atoms with Gasteiger partial charge in [0.15, 0.2) is 11.4 Å². The number of ether oxygens (including phenoxy) is 3. The van der Waals surface area contributed by atoms with E-state index in [4.69, 9.17) is 14.2 Å². The second-order valence-electron chi connectivity index (χ2n) is 8.76. The van der Waals surface area contributed by atoms with E-state index in [0.29, 0.717) is 12.8 Å². The van der Waals surface area contributed by atoms with Crippen molar-refractivity contribution < 1.29 is 37.7 Å². The first kappa shape index (κ1) is 26.3. The summed E-state index contributed by atoms with van der Waals surface area (Å²) in [5.74, 6) is -3.94. The molecule has 1 aliphatic rings. The van der Waals surface area contributed by atoms with Gasteiger partial charge in [-0.2, -0.15) is 0 Å². The predicted molar refractivity (Wildman–Crippen MR) is 122 cm³/mol. The van der Waals surface area contributed by atoms with Crippen LogP contribution >= 0.6 is 0 Å². The third-order valence-electron chi connectivity index (χ3n) is 5.96. The van der Waals surface area contributed by atoms with Crippen molar-refractivity contribution in [1.82, 2.24) is 4.57 Å². The van der Waals surface area contributed by atoms with Gasteiger partial charge < -0.3 is 23.9 Å². The van der Waals surface area contributed by atoms with Gasteiger partial charge in [-0.25, -0.2) is 18.4 Å². The van der Waals surface area contributed by atoms with Crippen molar-refractivity contribution in [2.45, 2.75) is 71.3 Å². The molecule has 0 bridgehead atoms. The molecule has 1 aromatic heterocycles. The highest BCUT2D eigenvalue weighted by molar-refractivity contribution is 5.94. The largest absolute Gasteiger partial charge is 0.491 e. The molecular weight excluding hydrogens is 464 g/mol. The maximum absolute atomic E-state index is 14.3. The molecular formula is C25H29F2NO7. The van der Waals surface area contributed by atoms with E-state index in [9.17, 15) is 28.3 Å². The molecule has 8 nitrogen and oxygen atoms in total. The molecule has 1 heterocycles. The Labute approximate surface area is 201 Å². The number of nitrogens with zero attached hydrogens (tertiary/aromatic N) is 1. The zero-order valence-corrected chi connectivity index (χ0v) is 20.1. The van der Waals surface area contributed by atoms with Gasteiger partial charge in [-0.05, 0) is 45.7 Å². The van der Waals surface area contributed by atoms with Crippen molar-refractivity contribution in [3.05, 3.63) is 62.6 Å². The fourth-order valence-corrected chi connectivity index (χ4v) is 4.14. The number of rotatable bonds is 7. The number of benzene rings is 1. The maximum atomic E-state index is 14.3. The van der Waals surface area contributed by atoms with Gasteiger partial charge in [0.1, 0.15) is 23.8 Å². The highest BCUT2D eigenvalue weighted by atomic mass is 19.1. The zero-order valence-electron chi connectivity index (χ0n) is 20.1. The van der Waals surface area contributed by atoms with Crippen molar-refractivity contribution in [3.8, 4) is 5.75 Å². The first-order chi connectivity index (χ1) is 16.6. The van der Waals surface area contributed by atoms with Crippen LogP contribution in [0.4, 0.5) is 8.78 Å². The van der Waals surface area contributed by atoms with Crippen LogP contribution < -0.4 is 10.2 Å². The number of hydrogen-bond donors (Lipinski definition) is 1. The fraction of sp³-hybridized carbons (Fsp3) is 0.480. The number of carbonyl (C=O) groups is 2. The number of carbonyl (C=O) groups excluding carboxylic acids is 2. The van der Waals surface area contributed by atoms with Gasteiger partial charge in [-0.3, -0.25) is 4.79 Å². The first-order valence-electron chi connectivity index (χ1n) is 11.4. The summed E-state index contributed by atoms with van der Waals surface area (Å²) in [6.45, 7) is 4.00. The molecule has 3 rings (SSSR count). The van der Waals surface area contributed by atoms with Crippen LogP contribution in [0, 0.1) is 18.6 Å². The van der Waals surface area contributed by atoms with Gasteiger partial charge in [0, 0.05) is 17.3 Å². The minimum Gasteiger partial charge on any atom is -0.491 e. The second-order valence-corrected chi connectivity index (χ2v) is 8.76. The van der Waals surface area contributed by atoms with E-state index in [-0.39, 0.29) is 16.8 Å². The van der Waals surface area contributed by atoms with Crippen LogP contribution in [0.3, 0.4) is 0 Å². The van der Waals surface area contributed by atoms with Gasteiger partial charge in [0.2, 0.25) is 5.43 Å². The number of methoxy groups -OCH3 is 1. The van der Waals surface area contributed by atoms with E-state index in [1.54, 1.807) is 13.8 Å². The Balaban J connectivity index is 2.05. The molecule has 0 amide bonds. The van der Waals surface area contributed by atoms with E-state index < -0.39 is 65.2 Å². The van der Waals surface area contributed by atoms with Gasteiger partial charge in [0.05, 0.1) is 25.4 Å². The van der Waals surface area contributed by atoms with Crippen molar-refractivity contribution in [1.29, 1.82) is 0 Å². The van der Waals surface area contributed by atoms with Crippen LogP contribution in [0.15, 0.2) is 23.1 Å². The highest BCUT2D eigenvalue weighted by Gasteiger charge is 2.33. The van der Waals surface area contributed by atoms with Crippen LogP contribution in [0.25, 0.3) is 0 Å². The average molecular weight is 494 g/mol. The third kappa shape index (κ3) is 5.53. The summed E-state index contributed by atoms with van der Waals surface area (Å²) in [5.41, 5.74) is -1.87. The van der Waals surface area contributed by atoms with E-state index in [1.807, 2.05) is 0 Å². The molecule has 1 aliphatic carbocycles. The quantitative estimate of drug-likeness (QED) is 0.585. The lowest BCUT2D eigenvalue weighted by Gasteiger charge is -2.32. The summed E-state index contributed by atoms with van der Waals surface area (Å²) in [6.07, 6.45) is 2.34. The molecule has 0 unspecified atom stereocenters. The predicted octanol–water partition coefficient (Wildman–Crippen LogP) is 3.84. The molecule has 1 saturated carbocycles. The van der Waals surface area contributed by atoms with Gasteiger partial charge in [-0.1, -0.05) is 12.8 Å². The second kappa shape index (κ2) is 11.0. The summed E-state index contributed by atoms with van der Waals surface area (Å²) in [5, 5.41) is 10.6. The number of hydrogen-bond acceptors (Lipinski definition) is 7. The third-order valence-corrected chi connectivity index (χ3v) is 5.96. The smallest absolute Gasteiger partial charge is 0.359 e. The number of esters is 2. The SMILES string of the molecule is COc1c(C(=O)OC(C)C)n([C@H]2CCCC[C@@H]2O)cc(C(=O)OCc2ccc(F)c(C)c2F)c1=O. The molecule has 0 spiro atoms. The van der Waals surface area contributed by atoms with Crippen molar-refractivity contribution in [2.75, 3.05) is 7.11 Å². The van der Waals surface area contributed by atoms with Crippen LogP contribution in [0.2, 0.25) is 0 Å². The Bertz CT molecular complexity index is 1180. The minimum absolute atomic E-state index is 0.0654. The first-order valence-corrected chi connectivity index (χ1v) is 11.4. The Morgan fingerprint density at radius 3 is 2.49 bits per heavy atom. The molecule has 0 radical (unpaired) electrons. The molecule has 0 aliphatic heterocycles. The number of aromatic nitrogens is 1. The topological polar surface area (TPSA) is 104 Å². The van der Waals surface area contributed by atoms with Crippen molar-refractivity contribution >= 4 is 11.9 Å². The van der Waals surface area contributed by atoms with E-state index in [2.05, 4.69) is 0 Å².